The summed E-state index contributed by atoms with van der Waals surface area (Å²) in [5, 5.41) is 3.47. The van der Waals surface area contributed by atoms with Crippen LogP contribution in [0.15, 0.2) is 42.5 Å². The molecule has 3 rings (SSSR count). The van der Waals surface area contributed by atoms with Crippen molar-refractivity contribution in [1.29, 1.82) is 0 Å². The maximum absolute atomic E-state index is 12.2. The van der Waals surface area contributed by atoms with E-state index in [2.05, 4.69) is 44.3 Å². The number of ether oxygens (including phenoxy) is 2. The average Bonchev–Trinajstić information content (AvgIpc) is 3.50. The van der Waals surface area contributed by atoms with E-state index >= 15 is 0 Å². The lowest BCUT2D eigenvalue weighted by atomic mass is 9.84. The SMILES string of the molecule is CC(NCc1cc(C2CC2)cc(C(C)(C)C)c1)Oc1ccc(C(=O)OC(C)(C)C)cc1. The zero-order valence-electron chi connectivity index (χ0n) is 20.0. The van der Waals surface area contributed by atoms with E-state index in [1.165, 1.54) is 29.5 Å². The van der Waals surface area contributed by atoms with Crippen molar-refractivity contribution in [3.8, 4) is 5.75 Å². The molecule has 168 valence electrons. The van der Waals surface area contributed by atoms with Gasteiger partial charge in [-0.2, -0.15) is 0 Å². The van der Waals surface area contributed by atoms with Crippen LogP contribution in [0.25, 0.3) is 0 Å². The highest BCUT2D eigenvalue weighted by Gasteiger charge is 2.26. The minimum atomic E-state index is -0.506. The molecule has 1 saturated carbocycles. The van der Waals surface area contributed by atoms with Crippen LogP contribution >= 0.6 is 0 Å². The second kappa shape index (κ2) is 9.04. The van der Waals surface area contributed by atoms with Crippen molar-refractivity contribution >= 4 is 5.97 Å². The Bertz CT molecular complexity index is 900. The third-order valence-corrected chi connectivity index (χ3v) is 5.33. The molecule has 0 spiro atoms. The monoisotopic (exact) mass is 423 g/mol. The van der Waals surface area contributed by atoms with Gasteiger partial charge in [0, 0.05) is 6.54 Å². The van der Waals surface area contributed by atoms with Gasteiger partial charge < -0.3 is 9.47 Å². The number of esters is 1. The van der Waals surface area contributed by atoms with Gasteiger partial charge in [-0.15, -0.1) is 0 Å². The lowest BCUT2D eigenvalue weighted by Gasteiger charge is -2.22. The van der Waals surface area contributed by atoms with Gasteiger partial charge in [0.15, 0.2) is 0 Å². The van der Waals surface area contributed by atoms with Gasteiger partial charge >= 0.3 is 5.97 Å². The van der Waals surface area contributed by atoms with Gasteiger partial charge in [-0.3, -0.25) is 5.32 Å². The average molecular weight is 424 g/mol. The molecule has 0 aromatic heterocycles. The van der Waals surface area contributed by atoms with Crippen molar-refractivity contribution in [1.82, 2.24) is 5.32 Å². The number of carbonyl (C=O) groups excluding carboxylic acids is 1. The Labute approximate surface area is 187 Å². The fourth-order valence-electron chi connectivity index (χ4n) is 3.42. The first kappa shape index (κ1) is 23.3. The number of rotatable bonds is 7. The van der Waals surface area contributed by atoms with Crippen molar-refractivity contribution in [2.45, 2.75) is 91.0 Å². The molecule has 1 fully saturated rings. The Morgan fingerprint density at radius 2 is 1.68 bits per heavy atom. The molecular formula is C27H37NO3. The predicted molar refractivity (Wildman–Crippen MR) is 126 cm³/mol. The summed E-state index contributed by atoms with van der Waals surface area (Å²) in [5.74, 6) is 1.13. The summed E-state index contributed by atoms with van der Waals surface area (Å²) < 4.78 is 11.4. The van der Waals surface area contributed by atoms with E-state index in [9.17, 15) is 4.79 Å². The molecule has 1 unspecified atom stereocenters. The van der Waals surface area contributed by atoms with Gasteiger partial charge in [0.2, 0.25) is 0 Å². The van der Waals surface area contributed by atoms with Crippen molar-refractivity contribution in [2.75, 3.05) is 0 Å². The van der Waals surface area contributed by atoms with Crippen LogP contribution in [0, 0.1) is 0 Å². The molecule has 1 N–H and O–H groups in total. The van der Waals surface area contributed by atoms with E-state index in [4.69, 9.17) is 9.47 Å². The van der Waals surface area contributed by atoms with E-state index in [-0.39, 0.29) is 17.6 Å². The molecule has 0 radical (unpaired) electrons. The number of benzene rings is 2. The van der Waals surface area contributed by atoms with Crippen LogP contribution in [0.2, 0.25) is 0 Å². The largest absolute Gasteiger partial charge is 0.476 e. The molecule has 1 aliphatic rings. The number of hydrogen-bond donors (Lipinski definition) is 1. The first-order valence-electron chi connectivity index (χ1n) is 11.3. The minimum absolute atomic E-state index is 0.137. The van der Waals surface area contributed by atoms with Gasteiger partial charge in [0.1, 0.15) is 17.6 Å². The number of hydrogen-bond acceptors (Lipinski definition) is 4. The molecule has 1 atom stereocenters. The van der Waals surface area contributed by atoms with Crippen LogP contribution in [0.4, 0.5) is 0 Å². The predicted octanol–water partition coefficient (Wildman–Crippen LogP) is 6.33. The maximum atomic E-state index is 12.2. The van der Waals surface area contributed by atoms with Crippen molar-refractivity contribution < 1.29 is 14.3 Å². The van der Waals surface area contributed by atoms with E-state index in [1.54, 1.807) is 12.1 Å². The van der Waals surface area contributed by atoms with Crippen molar-refractivity contribution in [3.63, 3.8) is 0 Å². The van der Waals surface area contributed by atoms with Crippen LogP contribution in [0.1, 0.15) is 94.3 Å². The first-order valence-corrected chi connectivity index (χ1v) is 11.3. The second-order valence-electron chi connectivity index (χ2n) is 10.7. The topological polar surface area (TPSA) is 47.6 Å². The Kier molecular flexibility index (Phi) is 6.80. The molecular weight excluding hydrogens is 386 g/mol. The molecule has 1 aliphatic carbocycles. The van der Waals surface area contributed by atoms with Crippen LogP contribution in [0.5, 0.6) is 5.75 Å². The molecule has 0 saturated heterocycles. The van der Waals surface area contributed by atoms with Crippen molar-refractivity contribution in [3.05, 3.63) is 64.7 Å². The van der Waals surface area contributed by atoms with Gasteiger partial charge in [0.25, 0.3) is 0 Å². The maximum Gasteiger partial charge on any atom is 0.338 e. The normalized spacial score (nSPS) is 15.5. The molecule has 0 bridgehead atoms. The fourth-order valence-corrected chi connectivity index (χ4v) is 3.42. The van der Waals surface area contributed by atoms with E-state index < -0.39 is 5.60 Å². The van der Waals surface area contributed by atoms with Gasteiger partial charge in [-0.1, -0.05) is 39.0 Å². The fraction of sp³-hybridized carbons (Fsp3) is 0.519. The lowest BCUT2D eigenvalue weighted by molar-refractivity contribution is 0.00695. The summed E-state index contributed by atoms with van der Waals surface area (Å²) in [6.45, 7) is 15.1. The second-order valence-corrected chi connectivity index (χ2v) is 10.7. The van der Waals surface area contributed by atoms with E-state index in [1.807, 2.05) is 39.8 Å². The van der Waals surface area contributed by atoms with Crippen LogP contribution < -0.4 is 10.1 Å². The molecule has 31 heavy (non-hydrogen) atoms. The Morgan fingerprint density at radius 3 is 2.23 bits per heavy atom. The summed E-state index contributed by atoms with van der Waals surface area (Å²) in [5.41, 5.74) is 4.31. The molecule has 0 heterocycles. The highest BCUT2D eigenvalue weighted by Crippen LogP contribution is 2.41. The van der Waals surface area contributed by atoms with Crippen molar-refractivity contribution in [2.24, 2.45) is 0 Å². The molecule has 0 aliphatic heterocycles. The minimum Gasteiger partial charge on any atom is -0.476 e. The third-order valence-electron chi connectivity index (χ3n) is 5.33. The number of nitrogens with one attached hydrogen (secondary N) is 1. The third kappa shape index (κ3) is 7.10. The number of carbonyl (C=O) groups is 1. The van der Waals surface area contributed by atoms with Crippen LogP contribution in [-0.2, 0) is 16.7 Å². The zero-order valence-corrected chi connectivity index (χ0v) is 20.0. The van der Waals surface area contributed by atoms with Gasteiger partial charge in [0.05, 0.1) is 5.56 Å². The highest BCUT2D eigenvalue weighted by atomic mass is 16.6. The molecule has 2 aromatic carbocycles. The molecule has 4 heteroatoms. The van der Waals surface area contributed by atoms with E-state index in [0.717, 1.165) is 18.2 Å². The lowest BCUT2D eigenvalue weighted by Crippen LogP contribution is -2.31. The molecule has 4 nitrogen and oxygen atoms in total. The Morgan fingerprint density at radius 1 is 1.03 bits per heavy atom. The summed E-state index contributed by atoms with van der Waals surface area (Å²) in [7, 11) is 0. The van der Waals surface area contributed by atoms with Gasteiger partial charge in [-0.25, -0.2) is 4.79 Å². The zero-order chi connectivity index (χ0) is 22.8. The summed E-state index contributed by atoms with van der Waals surface area (Å²) in [6.07, 6.45) is 2.45. The Hall–Kier alpha value is -2.33. The standard InChI is InChI=1S/C27H37NO3/c1-18(30-24-12-10-21(11-13-24)25(29)31-27(5,6)7)28-17-19-14-22(20-8-9-20)16-23(15-19)26(2,3)4/h10-16,18,20,28H,8-9,17H2,1-7H3. The van der Waals surface area contributed by atoms with Gasteiger partial charge in [-0.05, 0) is 92.8 Å². The summed E-state index contributed by atoms with van der Waals surface area (Å²) >= 11 is 0. The van der Waals surface area contributed by atoms with Crippen LogP contribution in [0.3, 0.4) is 0 Å². The van der Waals surface area contributed by atoms with E-state index in [0.29, 0.717) is 5.56 Å². The Balaban J connectivity index is 1.58. The highest BCUT2D eigenvalue weighted by molar-refractivity contribution is 5.89. The van der Waals surface area contributed by atoms with Crippen LogP contribution in [-0.4, -0.2) is 17.8 Å². The first-order chi connectivity index (χ1) is 14.4. The molecule has 0 amide bonds. The quantitative estimate of drug-likeness (QED) is 0.417. The smallest absolute Gasteiger partial charge is 0.338 e. The molecule has 2 aromatic rings. The summed E-state index contributed by atoms with van der Waals surface area (Å²) in [6, 6.07) is 14.1. The summed E-state index contributed by atoms with van der Waals surface area (Å²) in [4.78, 5) is 12.2.